The van der Waals surface area contributed by atoms with Crippen molar-refractivity contribution in [1.29, 1.82) is 0 Å². The molecule has 0 aliphatic rings. The maximum atomic E-state index is 6.31. The van der Waals surface area contributed by atoms with Crippen LogP contribution in [0.5, 0.6) is 0 Å². The zero-order valence-electron chi connectivity index (χ0n) is 15.9. The van der Waals surface area contributed by atoms with Gasteiger partial charge >= 0.3 is 0 Å². The number of benzene rings is 2. The highest BCUT2D eigenvalue weighted by Gasteiger charge is 2.15. The molecule has 2 aromatic carbocycles. The van der Waals surface area contributed by atoms with Crippen LogP contribution in [0.4, 0.5) is 0 Å². The van der Waals surface area contributed by atoms with Gasteiger partial charge in [-0.05, 0) is 47.5 Å². The zero-order valence-corrected chi connectivity index (χ0v) is 18.3. The maximum Gasteiger partial charge on any atom is 0.143 e. The van der Waals surface area contributed by atoms with Gasteiger partial charge in [0.25, 0.3) is 0 Å². The Bertz CT molecular complexity index is 1310. The minimum absolute atomic E-state index is 0.686. The van der Waals surface area contributed by atoms with E-state index in [9.17, 15) is 0 Å². The molecule has 0 bridgehead atoms. The number of imidazole rings is 2. The van der Waals surface area contributed by atoms with Crippen molar-refractivity contribution in [3.05, 3.63) is 100 Å². The molecular weight excluding hydrogens is 462 g/mol. The molecule has 0 saturated heterocycles. The van der Waals surface area contributed by atoms with Crippen molar-refractivity contribution in [1.82, 2.24) is 24.1 Å². The van der Waals surface area contributed by atoms with Gasteiger partial charge in [-0.1, -0.05) is 39.7 Å². The predicted molar refractivity (Wildman–Crippen MR) is 123 cm³/mol. The number of rotatable bonds is 5. The first-order valence-corrected chi connectivity index (χ1v) is 10.6. The third-order valence-corrected chi connectivity index (χ3v) is 5.71. The first-order valence-electron chi connectivity index (χ1n) is 9.46. The second kappa shape index (κ2) is 8.05. The number of fused-ring (bicyclic) bond motifs is 1. The molecule has 0 radical (unpaired) electrons. The van der Waals surface area contributed by atoms with Gasteiger partial charge in [-0.25, -0.2) is 9.97 Å². The lowest BCUT2D eigenvalue weighted by atomic mass is 10.1. The van der Waals surface area contributed by atoms with Gasteiger partial charge in [0.05, 0.1) is 23.9 Å². The molecule has 0 N–H and O–H groups in total. The zero-order chi connectivity index (χ0) is 20.5. The highest BCUT2D eigenvalue weighted by atomic mass is 79.9. The van der Waals surface area contributed by atoms with Crippen molar-refractivity contribution in [3.8, 4) is 11.4 Å². The molecule has 0 saturated carbocycles. The molecule has 0 spiro atoms. The number of pyridine rings is 1. The molecule has 30 heavy (non-hydrogen) atoms. The number of aromatic nitrogens is 5. The third kappa shape index (κ3) is 3.88. The van der Waals surface area contributed by atoms with E-state index in [1.165, 1.54) is 5.56 Å². The fraction of sp³-hybridized carbons (Fsp3) is 0.0870. The Kier molecular flexibility index (Phi) is 5.11. The Labute approximate surface area is 187 Å². The Morgan fingerprint density at radius 2 is 1.77 bits per heavy atom. The Morgan fingerprint density at radius 3 is 2.57 bits per heavy atom. The van der Waals surface area contributed by atoms with Gasteiger partial charge in [0, 0.05) is 46.4 Å². The summed E-state index contributed by atoms with van der Waals surface area (Å²) in [5, 5.41) is 0.693. The summed E-state index contributed by atoms with van der Waals surface area (Å²) < 4.78 is 5.27. The summed E-state index contributed by atoms with van der Waals surface area (Å²) in [4.78, 5) is 13.5. The molecule has 0 amide bonds. The summed E-state index contributed by atoms with van der Waals surface area (Å²) in [6.07, 6.45) is 9.26. The summed E-state index contributed by atoms with van der Waals surface area (Å²) in [7, 11) is 0. The lowest BCUT2D eigenvalue weighted by molar-refractivity contribution is 0.792. The number of halogens is 2. The normalized spacial score (nSPS) is 11.3. The van der Waals surface area contributed by atoms with Crippen LogP contribution in [0.2, 0.25) is 5.02 Å². The SMILES string of the molecule is Clc1ccc2nc(-c3cncc(Cn4ccnc4)c3)n(Cc3ccc(Br)cc3)c2c1. The van der Waals surface area contributed by atoms with Gasteiger partial charge in [0.15, 0.2) is 0 Å². The Balaban J connectivity index is 1.60. The minimum atomic E-state index is 0.686. The van der Waals surface area contributed by atoms with E-state index < -0.39 is 0 Å². The maximum absolute atomic E-state index is 6.31. The lowest BCUT2D eigenvalue weighted by Gasteiger charge is -2.11. The molecule has 0 unspecified atom stereocenters. The van der Waals surface area contributed by atoms with E-state index in [0.717, 1.165) is 32.5 Å². The highest BCUT2D eigenvalue weighted by molar-refractivity contribution is 9.10. The third-order valence-electron chi connectivity index (χ3n) is 4.94. The van der Waals surface area contributed by atoms with Crippen LogP contribution >= 0.6 is 27.5 Å². The standard InChI is InChI=1S/C23H17BrClN5/c24-19-3-1-16(2-4-19)14-30-22-10-20(25)5-6-21(22)28-23(30)18-9-17(11-27-12-18)13-29-8-7-26-15-29/h1-12,15H,13-14H2. The van der Waals surface area contributed by atoms with Gasteiger partial charge in [-0.15, -0.1) is 0 Å². The molecule has 0 fully saturated rings. The predicted octanol–water partition coefficient (Wildman–Crippen LogP) is 5.81. The van der Waals surface area contributed by atoms with E-state index in [4.69, 9.17) is 16.6 Å². The van der Waals surface area contributed by atoms with E-state index in [-0.39, 0.29) is 0 Å². The second-order valence-corrected chi connectivity index (χ2v) is 8.45. The summed E-state index contributed by atoms with van der Waals surface area (Å²) in [6.45, 7) is 1.39. The van der Waals surface area contributed by atoms with Crippen molar-refractivity contribution in [2.75, 3.05) is 0 Å². The van der Waals surface area contributed by atoms with E-state index in [1.807, 2.05) is 41.4 Å². The van der Waals surface area contributed by atoms with Gasteiger partial charge in [-0.3, -0.25) is 4.98 Å². The van der Waals surface area contributed by atoms with Crippen LogP contribution in [0.3, 0.4) is 0 Å². The Morgan fingerprint density at radius 1 is 0.900 bits per heavy atom. The van der Waals surface area contributed by atoms with Crippen molar-refractivity contribution in [2.45, 2.75) is 13.1 Å². The van der Waals surface area contributed by atoms with Crippen LogP contribution in [0, 0.1) is 0 Å². The smallest absolute Gasteiger partial charge is 0.143 e. The van der Waals surface area contributed by atoms with Crippen LogP contribution in [0.1, 0.15) is 11.1 Å². The number of hydrogen-bond donors (Lipinski definition) is 0. The molecule has 5 nitrogen and oxygen atoms in total. The molecule has 148 valence electrons. The molecular formula is C23H17BrClN5. The fourth-order valence-corrected chi connectivity index (χ4v) is 3.97. The van der Waals surface area contributed by atoms with E-state index in [0.29, 0.717) is 18.1 Å². The molecule has 0 aliphatic carbocycles. The van der Waals surface area contributed by atoms with Gasteiger partial charge < -0.3 is 9.13 Å². The first-order chi connectivity index (χ1) is 14.7. The monoisotopic (exact) mass is 477 g/mol. The van der Waals surface area contributed by atoms with E-state index in [2.05, 4.69) is 60.8 Å². The first kappa shape index (κ1) is 19.0. The summed E-state index contributed by atoms with van der Waals surface area (Å²) in [5.41, 5.74) is 5.15. The highest BCUT2D eigenvalue weighted by Crippen LogP contribution is 2.28. The summed E-state index contributed by atoms with van der Waals surface area (Å²) >= 11 is 9.81. The molecule has 3 aromatic heterocycles. The molecule has 5 rings (SSSR count). The quantitative estimate of drug-likeness (QED) is 0.320. The van der Waals surface area contributed by atoms with Crippen LogP contribution in [-0.2, 0) is 13.1 Å². The molecule has 0 atom stereocenters. The number of hydrogen-bond acceptors (Lipinski definition) is 3. The lowest BCUT2D eigenvalue weighted by Crippen LogP contribution is -2.03. The second-order valence-electron chi connectivity index (χ2n) is 7.10. The van der Waals surface area contributed by atoms with Gasteiger partial charge in [-0.2, -0.15) is 0 Å². The minimum Gasteiger partial charge on any atom is -0.333 e. The van der Waals surface area contributed by atoms with Crippen LogP contribution in [0.25, 0.3) is 22.4 Å². The van der Waals surface area contributed by atoms with Crippen LogP contribution in [0.15, 0.2) is 84.1 Å². The largest absolute Gasteiger partial charge is 0.333 e. The fourth-order valence-electron chi connectivity index (χ4n) is 3.54. The average Bonchev–Trinajstić information content (AvgIpc) is 3.38. The van der Waals surface area contributed by atoms with E-state index in [1.54, 1.807) is 12.5 Å². The molecule has 0 aliphatic heterocycles. The number of nitrogens with zero attached hydrogens (tertiary/aromatic N) is 5. The Hall–Kier alpha value is -2.96. The van der Waals surface area contributed by atoms with Crippen molar-refractivity contribution >= 4 is 38.6 Å². The van der Waals surface area contributed by atoms with Gasteiger partial charge in [0.2, 0.25) is 0 Å². The summed E-state index contributed by atoms with van der Waals surface area (Å²) in [6, 6.07) is 16.3. The van der Waals surface area contributed by atoms with Crippen molar-refractivity contribution in [3.63, 3.8) is 0 Å². The van der Waals surface area contributed by atoms with Crippen LogP contribution < -0.4 is 0 Å². The molecule has 3 heterocycles. The molecule has 7 heteroatoms. The topological polar surface area (TPSA) is 48.5 Å². The van der Waals surface area contributed by atoms with Crippen molar-refractivity contribution in [2.24, 2.45) is 0 Å². The molecule has 5 aromatic rings. The van der Waals surface area contributed by atoms with Gasteiger partial charge in [0.1, 0.15) is 5.82 Å². The van der Waals surface area contributed by atoms with Crippen LogP contribution in [-0.4, -0.2) is 24.1 Å². The average molecular weight is 479 g/mol. The van der Waals surface area contributed by atoms with E-state index >= 15 is 0 Å². The van der Waals surface area contributed by atoms with Crippen molar-refractivity contribution < 1.29 is 0 Å². The summed E-state index contributed by atoms with van der Waals surface area (Å²) in [5.74, 6) is 0.871.